The van der Waals surface area contributed by atoms with Crippen molar-refractivity contribution in [2.45, 2.75) is 31.1 Å². The van der Waals surface area contributed by atoms with Crippen LogP contribution < -0.4 is 0 Å². The van der Waals surface area contributed by atoms with E-state index in [1.165, 1.54) is 12.4 Å². The molecule has 1 heterocycles. The van der Waals surface area contributed by atoms with Crippen LogP contribution in [0.15, 0.2) is 41.8 Å². The predicted octanol–water partition coefficient (Wildman–Crippen LogP) is 2.21. The second kappa shape index (κ2) is 6.11. The Morgan fingerprint density at radius 1 is 1.15 bits per heavy atom. The van der Waals surface area contributed by atoms with Crippen LogP contribution in [0.4, 0.5) is 0 Å². The molecule has 0 spiro atoms. The van der Waals surface area contributed by atoms with Gasteiger partial charge in [0.05, 0.1) is 4.90 Å². The van der Waals surface area contributed by atoms with Crippen LogP contribution in [0.25, 0.3) is 0 Å². The second-order valence-corrected chi connectivity index (χ2v) is 6.08. The molecule has 0 fully saturated rings. The second-order valence-electron chi connectivity index (χ2n) is 4.69. The predicted molar refractivity (Wildman–Crippen MR) is 75.1 cm³/mol. The fraction of sp³-hybridized carbons (Fsp3) is 0.286. The summed E-state index contributed by atoms with van der Waals surface area (Å²) < 4.78 is 31.9. The van der Waals surface area contributed by atoms with Crippen molar-refractivity contribution in [3.05, 3.63) is 53.6 Å². The van der Waals surface area contributed by atoms with Crippen molar-refractivity contribution in [2.75, 3.05) is 0 Å². The zero-order valence-corrected chi connectivity index (χ0v) is 12.0. The lowest BCUT2D eigenvalue weighted by molar-refractivity contribution is 0.482. The number of rotatable bonds is 5. The molecule has 20 heavy (non-hydrogen) atoms. The molecular formula is C14H16N2O3S. The standard InChI is InChI=1S/C14H16N2O3S/c1-11-5-6-14(20(17,18)19)13(7-11)4-2-3-12-8-15-10-16-9-12/h5-10H,2-4H2,1H3,(H,17,18,19). The summed E-state index contributed by atoms with van der Waals surface area (Å²) in [6, 6.07) is 4.92. The maximum atomic E-state index is 11.3. The van der Waals surface area contributed by atoms with E-state index in [0.29, 0.717) is 12.0 Å². The number of aromatic nitrogens is 2. The Hall–Kier alpha value is -1.79. The van der Waals surface area contributed by atoms with Gasteiger partial charge < -0.3 is 0 Å². The smallest absolute Gasteiger partial charge is 0.282 e. The molecule has 0 radical (unpaired) electrons. The van der Waals surface area contributed by atoms with Crippen molar-refractivity contribution in [3.63, 3.8) is 0 Å². The van der Waals surface area contributed by atoms with Crippen LogP contribution in [0.5, 0.6) is 0 Å². The van der Waals surface area contributed by atoms with E-state index in [4.69, 9.17) is 0 Å². The average Bonchev–Trinajstić information content (AvgIpc) is 2.38. The minimum Gasteiger partial charge on any atom is -0.282 e. The topological polar surface area (TPSA) is 80.2 Å². The van der Waals surface area contributed by atoms with E-state index >= 15 is 0 Å². The fourth-order valence-electron chi connectivity index (χ4n) is 2.10. The molecule has 0 aliphatic rings. The molecule has 0 aliphatic heterocycles. The average molecular weight is 292 g/mol. The number of hydrogen-bond donors (Lipinski definition) is 1. The van der Waals surface area contributed by atoms with Crippen LogP contribution in [-0.4, -0.2) is 22.9 Å². The molecule has 5 nitrogen and oxygen atoms in total. The lowest BCUT2D eigenvalue weighted by atomic mass is 10.0. The summed E-state index contributed by atoms with van der Waals surface area (Å²) in [7, 11) is -4.17. The Morgan fingerprint density at radius 3 is 2.50 bits per heavy atom. The first kappa shape index (κ1) is 14.6. The molecule has 2 aromatic rings. The fourth-order valence-corrected chi connectivity index (χ4v) is 2.83. The summed E-state index contributed by atoms with van der Waals surface area (Å²) in [6.07, 6.45) is 7.06. The molecule has 0 unspecified atom stereocenters. The first-order valence-electron chi connectivity index (χ1n) is 6.28. The highest BCUT2D eigenvalue weighted by atomic mass is 32.2. The van der Waals surface area contributed by atoms with E-state index in [0.717, 1.165) is 24.0 Å². The van der Waals surface area contributed by atoms with Gasteiger partial charge in [-0.05, 0) is 43.4 Å². The van der Waals surface area contributed by atoms with Crippen LogP contribution in [0.1, 0.15) is 23.1 Å². The minimum atomic E-state index is -4.17. The first-order valence-corrected chi connectivity index (χ1v) is 7.72. The van der Waals surface area contributed by atoms with E-state index in [1.54, 1.807) is 24.5 Å². The van der Waals surface area contributed by atoms with Crippen molar-refractivity contribution >= 4 is 10.1 Å². The third-order valence-electron chi connectivity index (χ3n) is 3.02. The summed E-state index contributed by atoms with van der Waals surface area (Å²) in [6.45, 7) is 1.89. The molecule has 0 aliphatic carbocycles. The summed E-state index contributed by atoms with van der Waals surface area (Å²) in [5.41, 5.74) is 2.62. The van der Waals surface area contributed by atoms with Crippen molar-refractivity contribution in [1.29, 1.82) is 0 Å². The molecule has 106 valence electrons. The van der Waals surface area contributed by atoms with Crippen LogP contribution in [0, 0.1) is 6.92 Å². The molecule has 1 aromatic carbocycles. The van der Waals surface area contributed by atoms with Gasteiger partial charge in [-0.25, -0.2) is 9.97 Å². The Kier molecular flexibility index (Phi) is 4.46. The highest BCUT2D eigenvalue weighted by Gasteiger charge is 2.14. The zero-order valence-electron chi connectivity index (χ0n) is 11.2. The number of aryl methyl sites for hydroxylation is 3. The highest BCUT2D eigenvalue weighted by molar-refractivity contribution is 7.85. The number of hydrogen-bond acceptors (Lipinski definition) is 4. The lowest BCUT2D eigenvalue weighted by Crippen LogP contribution is -2.04. The van der Waals surface area contributed by atoms with Gasteiger partial charge in [0, 0.05) is 12.4 Å². The Bertz CT molecular complexity index is 685. The molecule has 0 saturated carbocycles. The van der Waals surface area contributed by atoms with E-state index in [1.807, 2.05) is 6.92 Å². The zero-order chi connectivity index (χ0) is 14.6. The maximum absolute atomic E-state index is 11.3. The van der Waals surface area contributed by atoms with Gasteiger partial charge in [-0.3, -0.25) is 4.55 Å². The van der Waals surface area contributed by atoms with Crippen LogP contribution in [0.2, 0.25) is 0 Å². The normalized spacial score (nSPS) is 11.5. The van der Waals surface area contributed by atoms with E-state index in [-0.39, 0.29) is 4.90 Å². The third-order valence-corrected chi connectivity index (χ3v) is 3.97. The monoisotopic (exact) mass is 292 g/mol. The lowest BCUT2D eigenvalue weighted by Gasteiger charge is -2.08. The van der Waals surface area contributed by atoms with E-state index in [2.05, 4.69) is 9.97 Å². The number of benzene rings is 1. The highest BCUT2D eigenvalue weighted by Crippen LogP contribution is 2.19. The largest absolute Gasteiger partial charge is 0.294 e. The summed E-state index contributed by atoms with van der Waals surface area (Å²) in [4.78, 5) is 7.86. The van der Waals surface area contributed by atoms with Gasteiger partial charge in [0.25, 0.3) is 10.1 Å². The summed E-state index contributed by atoms with van der Waals surface area (Å²) >= 11 is 0. The SMILES string of the molecule is Cc1ccc(S(=O)(=O)O)c(CCCc2cncnc2)c1. The summed E-state index contributed by atoms with van der Waals surface area (Å²) in [5, 5.41) is 0. The molecule has 0 bridgehead atoms. The Morgan fingerprint density at radius 2 is 1.85 bits per heavy atom. The molecule has 0 amide bonds. The molecule has 0 atom stereocenters. The molecule has 1 aromatic heterocycles. The van der Waals surface area contributed by atoms with Crippen LogP contribution in [0.3, 0.4) is 0 Å². The van der Waals surface area contributed by atoms with Crippen molar-refractivity contribution in [2.24, 2.45) is 0 Å². The van der Waals surface area contributed by atoms with Gasteiger partial charge in [-0.15, -0.1) is 0 Å². The molecule has 0 saturated heterocycles. The van der Waals surface area contributed by atoms with Crippen molar-refractivity contribution < 1.29 is 13.0 Å². The van der Waals surface area contributed by atoms with E-state index in [9.17, 15) is 13.0 Å². The minimum absolute atomic E-state index is 0.00703. The third kappa shape index (κ3) is 3.85. The van der Waals surface area contributed by atoms with Gasteiger partial charge in [0.15, 0.2) is 0 Å². The van der Waals surface area contributed by atoms with Gasteiger partial charge in [-0.2, -0.15) is 8.42 Å². The maximum Gasteiger partial charge on any atom is 0.294 e. The Labute approximate surface area is 118 Å². The van der Waals surface area contributed by atoms with E-state index < -0.39 is 10.1 Å². The quantitative estimate of drug-likeness (QED) is 0.855. The Balaban J connectivity index is 2.11. The summed E-state index contributed by atoms with van der Waals surface area (Å²) in [5.74, 6) is 0. The van der Waals surface area contributed by atoms with Gasteiger partial charge >= 0.3 is 0 Å². The van der Waals surface area contributed by atoms with Crippen LogP contribution >= 0.6 is 0 Å². The molecule has 2 rings (SSSR count). The van der Waals surface area contributed by atoms with Gasteiger partial charge in [-0.1, -0.05) is 17.7 Å². The van der Waals surface area contributed by atoms with Gasteiger partial charge in [0.2, 0.25) is 0 Å². The number of nitrogens with zero attached hydrogens (tertiary/aromatic N) is 2. The molecule has 6 heteroatoms. The van der Waals surface area contributed by atoms with Gasteiger partial charge in [0.1, 0.15) is 6.33 Å². The molecule has 1 N–H and O–H groups in total. The molecular weight excluding hydrogens is 276 g/mol. The first-order chi connectivity index (χ1) is 9.47. The van der Waals surface area contributed by atoms with Crippen molar-refractivity contribution in [1.82, 2.24) is 9.97 Å². The van der Waals surface area contributed by atoms with Crippen molar-refractivity contribution in [3.8, 4) is 0 Å². The van der Waals surface area contributed by atoms with Crippen LogP contribution in [-0.2, 0) is 23.0 Å².